The average molecular weight is 244 g/mol. The van der Waals surface area contributed by atoms with E-state index in [4.69, 9.17) is 15.2 Å². The maximum absolute atomic E-state index is 11.7. The second-order valence-electron chi connectivity index (χ2n) is 3.96. The summed E-state index contributed by atoms with van der Waals surface area (Å²) in [5.41, 5.74) is 5.87. The van der Waals surface area contributed by atoms with E-state index >= 15 is 0 Å². The molecule has 1 amide bonds. The van der Waals surface area contributed by atoms with Gasteiger partial charge < -0.3 is 20.1 Å². The Morgan fingerprint density at radius 1 is 1.29 bits per heavy atom. The summed E-state index contributed by atoms with van der Waals surface area (Å²) in [4.78, 5) is 24.7. The van der Waals surface area contributed by atoms with Crippen LogP contribution in [0.2, 0.25) is 0 Å². The van der Waals surface area contributed by atoms with Crippen molar-refractivity contribution in [2.75, 3.05) is 26.3 Å². The van der Waals surface area contributed by atoms with E-state index in [1.165, 1.54) is 4.90 Å². The second kappa shape index (κ2) is 6.44. The zero-order valence-corrected chi connectivity index (χ0v) is 10.3. The van der Waals surface area contributed by atoms with Gasteiger partial charge in [0.25, 0.3) is 0 Å². The average Bonchev–Trinajstić information content (AvgIpc) is 2.30. The van der Waals surface area contributed by atoms with Crippen molar-refractivity contribution in [3.8, 4) is 0 Å². The summed E-state index contributed by atoms with van der Waals surface area (Å²) in [5, 5.41) is 0. The van der Waals surface area contributed by atoms with E-state index in [1.807, 2.05) is 0 Å². The van der Waals surface area contributed by atoms with E-state index in [0.29, 0.717) is 26.2 Å². The van der Waals surface area contributed by atoms with Gasteiger partial charge in [-0.2, -0.15) is 0 Å². The smallest absolute Gasteiger partial charge is 0.409 e. The van der Waals surface area contributed by atoms with E-state index in [0.717, 1.165) is 0 Å². The first-order chi connectivity index (χ1) is 8.10. The van der Waals surface area contributed by atoms with Crippen molar-refractivity contribution in [2.45, 2.75) is 26.3 Å². The summed E-state index contributed by atoms with van der Waals surface area (Å²) < 4.78 is 9.84. The third kappa shape index (κ3) is 3.59. The molecule has 0 spiro atoms. The molecule has 2 atom stereocenters. The molecule has 0 bridgehead atoms. The van der Waals surface area contributed by atoms with E-state index < -0.39 is 12.0 Å². The largest absolute Gasteiger partial charge is 0.466 e. The monoisotopic (exact) mass is 244 g/mol. The lowest BCUT2D eigenvalue weighted by Gasteiger charge is -2.34. The number of likely N-dealkylation sites (tertiary alicyclic amines) is 1. The topological polar surface area (TPSA) is 81.9 Å². The van der Waals surface area contributed by atoms with Crippen molar-refractivity contribution in [3.05, 3.63) is 0 Å². The summed E-state index contributed by atoms with van der Waals surface area (Å²) >= 11 is 0. The number of piperidine rings is 1. The van der Waals surface area contributed by atoms with Crippen molar-refractivity contribution < 1.29 is 19.1 Å². The molecule has 98 valence electrons. The highest BCUT2D eigenvalue weighted by atomic mass is 16.6. The molecule has 1 saturated heterocycles. The van der Waals surface area contributed by atoms with Crippen LogP contribution in [0.4, 0.5) is 4.79 Å². The molecule has 6 heteroatoms. The molecule has 1 fully saturated rings. The zero-order chi connectivity index (χ0) is 12.8. The van der Waals surface area contributed by atoms with Gasteiger partial charge in [0, 0.05) is 19.1 Å². The van der Waals surface area contributed by atoms with Crippen LogP contribution in [0.25, 0.3) is 0 Å². The summed E-state index contributed by atoms with van der Waals surface area (Å²) in [6.07, 6.45) is 0.191. The standard InChI is InChI=1S/C11H20N2O4/c1-3-16-10(14)8-7-13(6-5-9(8)12)11(15)17-4-2/h8-9H,3-7,12H2,1-2H3. The van der Waals surface area contributed by atoms with Crippen LogP contribution in [0.1, 0.15) is 20.3 Å². The third-order valence-electron chi connectivity index (χ3n) is 2.78. The van der Waals surface area contributed by atoms with Gasteiger partial charge in [-0.1, -0.05) is 0 Å². The van der Waals surface area contributed by atoms with Gasteiger partial charge in [0.1, 0.15) is 0 Å². The normalized spacial score (nSPS) is 24.3. The number of rotatable bonds is 3. The Morgan fingerprint density at radius 3 is 2.53 bits per heavy atom. The molecule has 2 N–H and O–H groups in total. The number of nitrogens with zero attached hydrogens (tertiary/aromatic N) is 1. The molecule has 0 radical (unpaired) electrons. The minimum Gasteiger partial charge on any atom is -0.466 e. The highest BCUT2D eigenvalue weighted by Crippen LogP contribution is 2.18. The molecular weight excluding hydrogens is 224 g/mol. The van der Waals surface area contributed by atoms with Gasteiger partial charge in [0.05, 0.1) is 19.1 Å². The van der Waals surface area contributed by atoms with Crippen molar-refractivity contribution in [2.24, 2.45) is 11.7 Å². The minimum absolute atomic E-state index is 0.250. The number of amides is 1. The molecule has 17 heavy (non-hydrogen) atoms. The van der Waals surface area contributed by atoms with E-state index in [1.54, 1.807) is 13.8 Å². The Kier molecular flexibility index (Phi) is 5.21. The Bertz CT molecular complexity index is 283. The van der Waals surface area contributed by atoms with Crippen LogP contribution in [0, 0.1) is 5.92 Å². The predicted octanol–water partition coefficient (Wildman–Crippen LogP) is 0.355. The van der Waals surface area contributed by atoms with E-state index in [2.05, 4.69) is 0 Å². The Morgan fingerprint density at radius 2 is 1.94 bits per heavy atom. The molecule has 1 heterocycles. The summed E-state index contributed by atoms with van der Waals surface area (Å²) in [5.74, 6) is -0.790. The quantitative estimate of drug-likeness (QED) is 0.725. The van der Waals surface area contributed by atoms with Gasteiger partial charge in [-0.05, 0) is 20.3 Å². The van der Waals surface area contributed by atoms with E-state index in [9.17, 15) is 9.59 Å². The second-order valence-corrected chi connectivity index (χ2v) is 3.96. The fraction of sp³-hybridized carbons (Fsp3) is 0.818. The first-order valence-electron chi connectivity index (χ1n) is 5.94. The molecule has 1 aliphatic rings. The predicted molar refractivity (Wildman–Crippen MR) is 61.3 cm³/mol. The van der Waals surface area contributed by atoms with Crippen LogP contribution in [0.15, 0.2) is 0 Å². The number of carbonyl (C=O) groups excluding carboxylic acids is 2. The number of nitrogens with two attached hydrogens (primary N) is 1. The van der Waals surface area contributed by atoms with Crippen LogP contribution in [-0.2, 0) is 14.3 Å². The number of hydrogen-bond donors (Lipinski definition) is 1. The molecule has 6 nitrogen and oxygen atoms in total. The molecular formula is C11H20N2O4. The lowest BCUT2D eigenvalue weighted by Crippen LogP contribution is -2.52. The van der Waals surface area contributed by atoms with E-state index in [-0.39, 0.29) is 18.6 Å². The highest BCUT2D eigenvalue weighted by Gasteiger charge is 2.35. The number of ether oxygens (including phenoxy) is 2. The maximum atomic E-state index is 11.7. The fourth-order valence-corrected chi connectivity index (χ4v) is 1.85. The van der Waals surface area contributed by atoms with Crippen LogP contribution in [0.3, 0.4) is 0 Å². The lowest BCUT2D eigenvalue weighted by molar-refractivity contribution is -0.150. The van der Waals surface area contributed by atoms with Crippen molar-refractivity contribution in [1.29, 1.82) is 0 Å². The highest BCUT2D eigenvalue weighted by molar-refractivity contribution is 5.75. The van der Waals surface area contributed by atoms with Crippen LogP contribution in [0.5, 0.6) is 0 Å². The van der Waals surface area contributed by atoms with Crippen molar-refractivity contribution >= 4 is 12.1 Å². The maximum Gasteiger partial charge on any atom is 0.409 e. The van der Waals surface area contributed by atoms with Crippen molar-refractivity contribution in [1.82, 2.24) is 4.90 Å². The van der Waals surface area contributed by atoms with Gasteiger partial charge in [-0.3, -0.25) is 4.79 Å². The molecule has 0 saturated carbocycles. The van der Waals surface area contributed by atoms with Crippen LogP contribution < -0.4 is 5.73 Å². The minimum atomic E-state index is -0.451. The summed E-state index contributed by atoms with van der Waals surface area (Å²) in [6.45, 7) is 4.94. The number of hydrogen-bond acceptors (Lipinski definition) is 5. The molecule has 1 rings (SSSR count). The van der Waals surface area contributed by atoms with Gasteiger partial charge in [0.2, 0.25) is 0 Å². The molecule has 0 aromatic rings. The fourth-order valence-electron chi connectivity index (χ4n) is 1.85. The third-order valence-corrected chi connectivity index (χ3v) is 2.78. The van der Waals surface area contributed by atoms with Crippen LogP contribution in [-0.4, -0.2) is 49.3 Å². The van der Waals surface area contributed by atoms with Gasteiger partial charge >= 0.3 is 12.1 Å². The first-order valence-corrected chi connectivity index (χ1v) is 5.94. The molecule has 0 aliphatic carbocycles. The lowest BCUT2D eigenvalue weighted by atomic mass is 9.93. The summed E-state index contributed by atoms with van der Waals surface area (Å²) in [7, 11) is 0. The number of carbonyl (C=O) groups is 2. The Hall–Kier alpha value is -1.30. The number of esters is 1. The molecule has 0 aromatic carbocycles. The van der Waals surface area contributed by atoms with Gasteiger partial charge in [-0.25, -0.2) is 4.79 Å². The first kappa shape index (κ1) is 13.8. The zero-order valence-electron chi connectivity index (χ0n) is 10.3. The molecule has 0 aromatic heterocycles. The Balaban J connectivity index is 2.58. The SMILES string of the molecule is CCOC(=O)C1CN(C(=O)OCC)CCC1N. The van der Waals surface area contributed by atoms with Gasteiger partial charge in [-0.15, -0.1) is 0 Å². The van der Waals surface area contributed by atoms with Crippen LogP contribution >= 0.6 is 0 Å². The molecule has 1 aliphatic heterocycles. The summed E-state index contributed by atoms with van der Waals surface area (Å²) in [6, 6.07) is -0.250. The molecule has 2 unspecified atom stereocenters. The Labute approximate surface area is 101 Å². The van der Waals surface area contributed by atoms with Crippen molar-refractivity contribution in [3.63, 3.8) is 0 Å². The van der Waals surface area contributed by atoms with Gasteiger partial charge in [0.15, 0.2) is 0 Å².